The molecule has 2 saturated heterocycles. The van der Waals surface area contributed by atoms with E-state index in [2.05, 4.69) is 30.1 Å². The maximum Gasteiger partial charge on any atom is 0.225 e. The van der Waals surface area contributed by atoms with Crippen molar-refractivity contribution in [1.29, 1.82) is 0 Å². The van der Waals surface area contributed by atoms with E-state index in [0.717, 1.165) is 58.3 Å². The minimum absolute atomic E-state index is 0. The first-order chi connectivity index (χ1) is 14.2. The molecule has 10 nitrogen and oxygen atoms in total. The summed E-state index contributed by atoms with van der Waals surface area (Å²) in [5, 5.41) is 3.04. The molecular weight excluding hydrogens is 499 g/mol. The van der Waals surface area contributed by atoms with Gasteiger partial charge in [0.1, 0.15) is 0 Å². The van der Waals surface area contributed by atoms with Gasteiger partial charge in [-0.3, -0.25) is 14.7 Å². The molecule has 3 N–H and O–H groups in total. The number of rotatable bonds is 8. The number of amides is 1. The van der Waals surface area contributed by atoms with Gasteiger partial charge in [-0.1, -0.05) is 0 Å². The number of piperazine rings is 1. The minimum Gasteiger partial charge on any atom is -0.379 e. The molecule has 0 bridgehead atoms. The van der Waals surface area contributed by atoms with Gasteiger partial charge in [-0.15, -0.1) is 24.0 Å². The van der Waals surface area contributed by atoms with Crippen molar-refractivity contribution in [1.82, 2.24) is 25.1 Å². The average molecular weight is 532 g/mol. The number of guanidine groups is 1. The monoisotopic (exact) mass is 532 g/mol. The molecule has 3 rings (SSSR count). The van der Waals surface area contributed by atoms with Crippen LogP contribution in [-0.4, -0.2) is 104 Å². The summed E-state index contributed by atoms with van der Waals surface area (Å²) in [6.45, 7) is 8.67. The molecule has 1 amide bonds. The lowest BCUT2D eigenvalue weighted by Gasteiger charge is -2.34. The van der Waals surface area contributed by atoms with Gasteiger partial charge in [0.15, 0.2) is 5.96 Å². The summed E-state index contributed by atoms with van der Waals surface area (Å²) in [4.78, 5) is 31.6. The Bertz CT molecular complexity index is 649. The van der Waals surface area contributed by atoms with Crippen molar-refractivity contribution in [3.05, 3.63) is 18.5 Å². The summed E-state index contributed by atoms with van der Waals surface area (Å²) >= 11 is 0. The van der Waals surface area contributed by atoms with Crippen molar-refractivity contribution in [2.45, 2.75) is 12.8 Å². The highest BCUT2D eigenvalue weighted by molar-refractivity contribution is 14.0. The van der Waals surface area contributed by atoms with Crippen LogP contribution in [0.25, 0.3) is 0 Å². The van der Waals surface area contributed by atoms with Crippen LogP contribution in [0.1, 0.15) is 12.8 Å². The number of ether oxygens (including phenoxy) is 1. The van der Waals surface area contributed by atoms with Crippen LogP contribution in [0.15, 0.2) is 23.5 Å². The first-order valence-electron chi connectivity index (χ1n) is 10.4. The quantitative estimate of drug-likeness (QED) is 0.204. The van der Waals surface area contributed by atoms with Crippen molar-refractivity contribution in [3.8, 4) is 0 Å². The van der Waals surface area contributed by atoms with Crippen LogP contribution in [0.2, 0.25) is 0 Å². The molecule has 1 aromatic rings. The Morgan fingerprint density at radius 3 is 2.53 bits per heavy atom. The highest BCUT2D eigenvalue weighted by Crippen LogP contribution is 2.10. The van der Waals surface area contributed by atoms with E-state index in [9.17, 15) is 4.79 Å². The van der Waals surface area contributed by atoms with Gasteiger partial charge in [-0.25, -0.2) is 9.97 Å². The van der Waals surface area contributed by atoms with Crippen molar-refractivity contribution >= 4 is 41.8 Å². The van der Waals surface area contributed by atoms with Gasteiger partial charge in [-0.05, 0) is 12.5 Å². The second-order valence-corrected chi connectivity index (χ2v) is 7.17. The lowest BCUT2D eigenvalue weighted by atomic mass is 10.3. The first kappa shape index (κ1) is 24.5. The maximum atomic E-state index is 12.4. The summed E-state index contributed by atoms with van der Waals surface area (Å²) in [7, 11) is 0. The molecule has 0 radical (unpaired) electrons. The summed E-state index contributed by atoms with van der Waals surface area (Å²) in [6, 6.07) is 1.80. The van der Waals surface area contributed by atoms with Gasteiger partial charge in [0.05, 0.1) is 13.2 Å². The molecule has 2 aliphatic rings. The fourth-order valence-corrected chi connectivity index (χ4v) is 3.44. The molecule has 0 saturated carbocycles. The normalized spacial score (nSPS) is 18.1. The van der Waals surface area contributed by atoms with Crippen LogP contribution < -0.4 is 16.0 Å². The van der Waals surface area contributed by atoms with Gasteiger partial charge in [0.25, 0.3) is 0 Å². The summed E-state index contributed by atoms with van der Waals surface area (Å²) < 4.78 is 5.34. The number of aromatic nitrogens is 2. The molecule has 0 unspecified atom stereocenters. The van der Waals surface area contributed by atoms with Gasteiger partial charge in [0, 0.05) is 77.7 Å². The molecule has 1 aromatic heterocycles. The number of nitrogens with one attached hydrogen (secondary N) is 1. The molecule has 3 heterocycles. The van der Waals surface area contributed by atoms with Crippen molar-refractivity contribution in [2.75, 3.05) is 77.0 Å². The number of nitrogens with zero attached hydrogens (tertiary/aromatic N) is 6. The number of hydrogen-bond donors (Lipinski definition) is 2. The number of halogens is 1. The van der Waals surface area contributed by atoms with Crippen molar-refractivity contribution in [3.63, 3.8) is 0 Å². The highest BCUT2D eigenvalue weighted by Gasteiger charge is 2.22. The predicted octanol–water partition coefficient (Wildman–Crippen LogP) is -0.240. The molecule has 0 spiro atoms. The third kappa shape index (κ3) is 8.19. The molecule has 0 aromatic carbocycles. The van der Waals surface area contributed by atoms with E-state index in [1.807, 2.05) is 4.90 Å². The second kappa shape index (κ2) is 13.5. The number of hydrogen-bond acceptors (Lipinski definition) is 7. The zero-order chi connectivity index (χ0) is 20.3. The van der Waals surface area contributed by atoms with Gasteiger partial charge < -0.3 is 25.6 Å². The van der Waals surface area contributed by atoms with E-state index in [0.29, 0.717) is 38.6 Å². The smallest absolute Gasteiger partial charge is 0.225 e. The highest BCUT2D eigenvalue weighted by atomic mass is 127. The Labute approximate surface area is 195 Å². The topological polar surface area (TPSA) is 112 Å². The molecule has 11 heteroatoms. The van der Waals surface area contributed by atoms with Crippen LogP contribution >= 0.6 is 24.0 Å². The Morgan fingerprint density at radius 2 is 1.83 bits per heavy atom. The van der Waals surface area contributed by atoms with E-state index in [1.165, 1.54) is 0 Å². The van der Waals surface area contributed by atoms with E-state index < -0.39 is 0 Å². The third-order valence-electron chi connectivity index (χ3n) is 5.13. The van der Waals surface area contributed by atoms with Crippen molar-refractivity contribution in [2.24, 2.45) is 10.7 Å². The molecular formula is C19H33IN8O2. The average Bonchev–Trinajstić information content (AvgIpc) is 2.78. The van der Waals surface area contributed by atoms with Gasteiger partial charge in [-0.2, -0.15) is 0 Å². The molecule has 168 valence electrons. The fourth-order valence-electron chi connectivity index (χ4n) is 3.44. The minimum atomic E-state index is 0. The molecule has 2 fully saturated rings. The van der Waals surface area contributed by atoms with Crippen LogP contribution in [0.5, 0.6) is 0 Å². The standard InChI is InChI=1S/C19H32N8O2.HI/c20-18(21-6-2-8-25-13-15-29-16-14-25)22-7-3-17(28)26-9-11-27(12-10-26)19-23-4-1-5-24-19;/h1,4-5H,2-3,6-16H2,(H3,20,21,22);1H. The van der Waals surface area contributed by atoms with E-state index >= 15 is 0 Å². The predicted molar refractivity (Wildman–Crippen MR) is 127 cm³/mol. The Kier molecular flexibility index (Phi) is 11.1. The molecule has 0 aliphatic carbocycles. The van der Waals surface area contributed by atoms with E-state index in [1.54, 1.807) is 18.5 Å². The number of anilines is 1. The molecule has 0 atom stereocenters. The largest absolute Gasteiger partial charge is 0.379 e. The summed E-state index contributed by atoms with van der Waals surface area (Å²) in [5.41, 5.74) is 5.90. The second-order valence-electron chi connectivity index (χ2n) is 7.17. The Hall–Kier alpha value is -1.73. The SMILES string of the molecule is I.NC(=NCCCN1CCOCC1)NCCC(=O)N1CCN(c2ncccn2)CC1. The van der Waals surface area contributed by atoms with E-state index in [-0.39, 0.29) is 29.9 Å². The fraction of sp³-hybridized carbons (Fsp3) is 0.684. The van der Waals surface area contributed by atoms with Crippen molar-refractivity contribution < 1.29 is 9.53 Å². The van der Waals surface area contributed by atoms with Crippen LogP contribution in [-0.2, 0) is 9.53 Å². The number of nitrogens with two attached hydrogens (primary N) is 1. The summed E-state index contributed by atoms with van der Waals surface area (Å²) in [5.74, 6) is 1.26. The Morgan fingerprint density at radius 1 is 1.13 bits per heavy atom. The van der Waals surface area contributed by atoms with Crippen LogP contribution in [0, 0.1) is 0 Å². The molecule has 30 heavy (non-hydrogen) atoms. The van der Waals surface area contributed by atoms with Gasteiger partial charge >= 0.3 is 0 Å². The van der Waals surface area contributed by atoms with Gasteiger partial charge in [0.2, 0.25) is 11.9 Å². The third-order valence-corrected chi connectivity index (χ3v) is 5.13. The Balaban J connectivity index is 0.00000320. The first-order valence-corrected chi connectivity index (χ1v) is 10.4. The zero-order valence-electron chi connectivity index (χ0n) is 17.4. The lowest BCUT2D eigenvalue weighted by molar-refractivity contribution is -0.131. The number of carbonyl (C=O) groups is 1. The number of morpholine rings is 1. The van der Waals surface area contributed by atoms with Crippen LogP contribution in [0.3, 0.4) is 0 Å². The van der Waals surface area contributed by atoms with E-state index in [4.69, 9.17) is 10.5 Å². The molecule has 2 aliphatic heterocycles. The maximum absolute atomic E-state index is 12.4. The van der Waals surface area contributed by atoms with Crippen LogP contribution in [0.4, 0.5) is 5.95 Å². The number of aliphatic imine (C=N–C) groups is 1. The summed E-state index contributed by atoms with van der Waals surface area (Å²) in [6.07, 6.45) is 4.85. The number of carbonyl (C=O) groups excluding carboxylic acids is 1. The zero-order valence-corrected chi connectivity index (χ0v) is 19.7. The lowest BCUT2D eigenvalue weighted by Crippen LogP contribution is -2.49.